The van der Waals surface area contributed by atoms with Gasteiger partial charge in [-0.15, -0.1) is 0 Å². The van der Waals surface area contributed by atoms with Crippen LogP contribution >= 0.6 is 11.6 Å². The lowest BCUT2D eigenvalue weighted by Crippen LogP contribution is -2.16. The van der Waals surface area contributed by atoms with E-state index in [1.165, 1.54) is 24.0 Å². The van der Waals surface area contributed by atoms with Crippen molar-refractivity contribution in [1.82, 2.24) is 0 Å². The molecule has 0 radical (unpaired) electrons. The van der Waals surface area contributed by atoms with Crippen LogP contribution in [0, 0.1) is 0 Å². The Balaban J connectivity index is 0.000000578. The molecule has 0 atom stereocenters. The van der Waals surface area contributed by atoms with Crippen LogP contribution in [-0.2, 0) is 18.3 Å². The maximum absolute atomic E-state index is 6.08. The SMILES string of the molecule is C=C(C)Cc1cc(OC(C)C)ccc1Cl.CC.CCCc1c(C(C)C)cccc1C(C)(C)C. The fourth-order valence-corrected chi connectivity index (χ4v) is 3.92. The van der Waals surface area contributed by atoms with E-state index in [-0.39, 0.29) is 11.5 Å². The molecule has 2 heteroatoms. The Morgan fingerprint density at radius 3 is 2.09 bits per heavy atom. The van der Waals surface area contributed by atoms with Crippen LogP contribution < -0.4 is 4.74 Å². The third-order valence-corrected chi connectivity index (χ3v) is 5.39. The normalized spacial score (nSPS) is 10.8. The molecule has 0 aliphatic rings. The zero-order valence-electron chi connectivity index (χ0n) is 23.2. The zero-order valence-corrected chi connectivity index (χ0v) is 24.0. The van der Waals surface area contributed by atoms with E-state index in [0.717, 1.165) is 28.3 Å². The highest BCUT2D eigenvalue weighted by atomic mass is 35.5. The molecule has 33 heavy (non-hydrogen) atoms. The van der Waals surface area contributed by atoms with E-state index < -0.39 is 0 Å². The second-order valence-electron chi connectivity index (χ2n) is 10.1. The highest BCUT2D eigenvalue weighted by molar-refractivity contribution is 6.31. The lowest BCUT2D eigenvalue weighted by Gasteiger charge is -2.26. The molecule has 0 N–H and O–H groups in total. The van der Waals surface area contributed by atoms with Crippen LogP contribution in [-0.4, -0.2) is 6.10 Å². The molecule has 0 aromatic heterocycles. The Hall–Kier alpha value is -1.73. The molecule has 2 aromatic carbocycles. The first-order valence-corrected chi connectivity index (χ1v) is 13.0. The van der Waals surface area contributed by atoms with E-state index in [1.54, 1.807) is 5.56 Å². The van der Waals surface area contributed by atoms with Crippen molar-refractivity contribution in [2.75, 3.05) is 0 Å². The van der Waals surface area contributed by atoms with Crippen molar-refractivity contribution < 1.29 is 4.74 Å². The van der Waals surface area contributed by atoms with Crippen molar-refractivity contribution in [3.8, 4) is 5.75 Å². The van der Waals surface area contributed by atoms with Gasteiger partial charge in [-0.05, 0) is 85.4 Å². The number of halogens is 1. The summed E-state index contributed by atoms with van der Waals surface area (Å²) >= 11 is 6.08. The molecule has 0 aliphatic heterocycles. The molecule has 186 valence electrons. The Morgan fingerprint density at radius 2 is 1.64 bits per heavy atom. The van der Waals surface area contributed by atoms with Crippen molar-refractivity contribution in [3.63, 3.8) is 0 Å². The number of benzene rings is 2. The highest BCUT2D eigenvalue weighted by Crippen LogP contribution is 2.32. The third kappa shape index (κ3) is 11.3. The molecule has 0 amide bonds. The second-order valence-corrected chi connectivity index (χ2v) is 10.5. The maximum Gasteiger partial charge on any atom is 0.120 e. The molecular weight excluding hydrogens is 424 g/mol. The van der Waals surface area contributed by atoms with Crippen LogP contribution in [0.4, 0.5) is 0 Å². The summed E-state index contributed by atoms with van der Waals surface area (Å²) < 4.78 is 5.60. The zero-order chi connectivity index (χ0) is 25.8. The van der Waals surface area contributed by atoms with Gasteiger partial charge < -0.3 is 4.74 Å². The molecule has 0 aliphatic carbocycles. The van der Waals surface area contributed by atoms with Gasteiger partial charge in [-0.3, -0.25) is 0 Å². The van der Waals surface area contributed by atoms with Gasteiger partial charge in [0.1, 0.15) is 5.75 Å². The summed E-state index contributed by atoms with van der Waals surface area (Å²) in [4.78, 5) is 0. The van der Waals surface area contributed by atoms with Crippen molar-refractivity contribution >= 4 is 11.6 Å². The molecule has 0 unspecified atom stereocenters. The Morgan fingerprint density at radius 1 is 1.03 bits per heavy atom. The van der Waals surface area contributed by atoms with Crippen LogP contribution in [0.1, 0.15) is 111 Å². The molecule has 0 saturated carbocycles. The summed E-state index contributed by atoms with van der Waals surface area (Å²) in [6, 6.07) is 12.6. The van der Waals surface area contributed by atoms with Crippen LogP contribution in [0.15, 0.2) is 48.6 Å². The van der Waals surface area contributed by atoms with Crippen LogP contribution in [0.25, 0.3) is 0 Å². The quantitative estimate of drug-likeness (QED) is 0.364. The largest absolute Gasteiger partial charge is 0.491 e. The van der Waals surface area contributed by atoms with Gasteiger partial charge in [0.15, 0.2) is 0 Å². The van der Waals surface area contributed by atoms with Crippen molar-refractivity contribution in [3.05, 3.63) is 75.8 Å². The summed E-state index contributed by atoms with van der Waals surface area (Å²) in [6.07, 6.45) is 3.42. The molecule has 1 nitrogen and oxygen atoms in total. The lowest BCUT2D eigenvalue weighted by molar-refractivity contribution is 0.242. The Bertz CT molecular complexity index is 840. The van der Waals surface area contributed by atoms with Crippen LogP contribution in [0.3, 0.4) is 0 Å². The van der Waals surface area contributed by atoms with E-state index in [4.69, 9.17) is 16.3 Å². The molecule has 2 aromatic rings. The minimum absolute atomic E-state index is 0.184. The third-order valence-electron chi connectivity index (χ3n) is 5.02. The number of allylic oxidation sites excluding steroid dienone is 1. The molecule has 0 bridgehead atoms. The number of rotatable bonds is 7. The minimum atomic E-state index is 0.184. The molecule has 0 fully saturated rings. The molecule has 0 heterocycles. The maximum atomic E-state index is 6.08. The van der Waals surface area contributed by atoms with E-state index in [0.29, 0.717) is 5.92 Å². The topological polar surface area (TPSA) is 9.23 Å². The van der Waals surface area contributed by atoms with Gasteiger partial charge >= 0.3 is 0 Å². The number of ether oxygens (including phenoxy) is 1. The van der Waals surface area contributed by atoms with Crippen LogP contribution in [0.5, 0.6) is 5.75 Å². The van der Waals surface area contributed by atoms with Gasteiger partial charge in [-0.25, -0.2) is 0 Å². The van der Waals surface area contributed by atoms with Gasteiger partial charge in [0, 0.05) is 5.02 Å². The fraction of sp³-hybridized carbons (Fsp3) is 0.548. The summed E-state index contributed by atoms with van der Waals surface area (Å²) in [5.41, 5.74) is 7.08. The Labute approximate surface area is 210 Å². The predicted molar refractivity (Wildman–Crippen MR) is 150 cm³/mol. The van der Waals surface area contributed by atoms with Crippen LogP contribution in [0.2, 0.25) is 5.02 Å². The van der Waals surface area contributed by atoms with Crippen molar-refractivity contribution in [2.45, 2.75) is 113 Å². The van der Waals surface area contributed by atoms with E-state index in [9.17, 15) is 0 Å². The molecule has 0 saturated heterocycles. The van der Waals surface area contributed by atoms with E-state index in [2.05, 4.69) is 66.3 Å². The van der Waals surface area contributed by atoms with E-state index in [1.807, 2.05) is 52.8 Å². The second kappa shape index (κ2) is 15.2. The summed E-state index contributed by atoms with van der Waals surface area (Å²) in [6.45, 7) is 27.7. The van der Waals surface area contributed by atoms with E-state index >= 15 is 0 Å². The first kappa shape index (κ1) is 31.3. The van der Waals surface area contributed by atoms with Gasteiger partial charge in [0.25, 0.3) is 0 Å². The average molecular weight is 473 g/mol. The van der Waals surface area contributed by atoms with Crippen molar-refractivity contribution in [2.24, 2.45) is 0 Å². The van der Waals surface area contributed by atoms with Gasteiger partial charge in [-0.2, -0.15) is 0 Å². The monoisotopic (exact) mass is 472 g/mol. The summed E-state index contributed by atoms with van der Waals surface area (Å²) in [7, 11) is 0. The Kier molecular flexibility index (Phi) is 14.4. The van der Waals surface area contributed by atoms with Crippen molar-refractivity contribution in [1.29, 1.82) is 0 Å². The fourth-order valence-electron chi connectivity index (χ4n) is 3.73. The standard InChI is InChI=1S/C16H26.C13H17ClO.C2H6/c1-7-9-14-13(12(2)3)10-8-11-15(14)16(4,5)6;1-9(2)7-11-8-12(15-10(3)4)5-6-13(11)14;1-2/h8,10-12H,7,9H2,1-6H3;5-6,8,10H,1,7H2,2-4H3;1-2H3. The number of hydrogen-bond donors (Lipinski definition) is 0. The number of hydrogen-bond acceptors (Lipinski definition) is 1. The summed E-state index contributed by atoms with van der Waals surface area (Å²) in [5.74, 6) is 1.49. The molecule has 0 spiro atoms. The first-order chi connectivity index (χ1) is 15.4. The highest BCUT2D eigenvalue weighted by Gasteiger charge is 2.20. The van der Waals surface area contributed by atoms with Gasteiger partial charge in [0.2, 0.25) is 0 Å². The predicted octanol–water partition coefficient (Wildman–Crippen LogP) is 10.3. The molecular formula is C31H49ClO. The lowest BCUT2D eigenvalue weighted by atomic mass is 9.79. The van der Waals surface area contributed by atoms with Gasteiger partial charge in [0.05, 0.1) is 6.10 Å². The first-order valence-electron chi connectivity index (χ1n) is 12.6. The van der Waals surface area contributed by atoms with Gasteiger partial charge in [-0.1, -0.05) is 104 Å². The molecule has 2 rings (SSSR count). The summed E-state index contributed by atoms with van der Waals surface area (Å²) in [5, 5.41) is 0.772. The minimum Gasteiger partial charge on any atom is -0.491 e. The average Bonchev–Trinajstić information content (AvgIpc) is 2.71. The smallest absolute Gasteiger partial charge is 0.120 e.